The predicted octanol–water partition coefficient (Wildman–Crippen LogP) is 7.84. The summed E-state index contributed by atoms with van der Waals surface area (Å²) in [6.07, 6.45) is 19.4. The molecule has 1 unspecified atom stereocenters. The molecule has 23 heteroatoms. The quantitative estimate of drug-likeness (QED) is 0.0651. The van der Waals surface area contributed by atoms with Crippen molar-refractivity contribution in [3.05, 3.63) is 111 Å². The fourth-order valence-electron chi connectivity index (χ4n) is 15.0. The number of carbonyl (C=O) groups excluding carboxylic acids is 3. The summed E-state index contributed by atoms with van der Waals surface area (Å²) in [6.45, 7) is 15.3. The summed E-state index contributed by atoms with van der Waals surface area (Å²) in [5.74, 6) is 7.12. The van der Waals surface area contributed by atoms with E-state index in [-0.39, 0.29) is 42.4 Å². The molecule has 10 heterocycles. The van der Waals surface area contributed by atoms with Gasteiger partial charge in [0.1, 0.15) is 52.9 Å². The third-order valence-corrected chi connectivity index (χ3v) is 20.3. The number of Topliss-reactive ketones (excluding diaryl/α,β-unsaturated/α-hetero) is 3. The maximum Gasteiger partial charge on any atom is 0.320 e. The molecule has 6 fully saturated rings. The fraction of sp³-hybridized carbons (Fsp3) is 0.556. The smallest absolute Gasteiger partial charge is 0.320 e. The summed E-state index contributed by atoms with van der Waals surface area (Å²) in [5, 5.41) is 0. The molecule has 0 spiro atoms. The SMILES string of the molecule is CCCCOc1nc(N)c2c(n1)N(Cc1ccc3c(c1)CN(CC1CC1)CC3)CC(=O)C2.Nc1nc(OC2CCCC2)nc2c1CC(=O)CN2Cc1ccnc(N2CCOCC2)c1.Nc1nc(OC2C[C@@H]3C[C@@H]3C2)nc2c1CC(=O)CN2Cc1cccc(CN2CCCC2)c1. The van der Waals surface area contributed by atoms with Gasteiger partial charge in [-0.05, 0) is 160 Å². The van der Waals surface area contributed by atoms with Gasteiger partial charge in [0.25, 0.3) is 0 Å². The molecule has 0 radical (unpaired) electrons. The number of pyridine rings is 1. The molecule has 4 saturated carbocycles. The zero-order valence-electron chi connectivity index (χ0n) is 55.1. The van der Waals surface area contributed by atoms with Crippen molar-refractivity contribution >= 4 is 58.1 Å². The fourth-order valence-corrected chi connectivity index (χ4v) is 15.0. The number of ether oxygens (including phenoxy) is 4. The molecule has 4 aliphatic carbocycles. The van der Waals surface area contributed by atoms with E-state index in [0.717, 1.165) is 130 Å². The first-order valence-electron chi connectivity index (χ1n) is 35.0. The van der Waals surface area contributed by atoms with Crippen LogP contribution in [0.1, 0.15) is 140 Å². The lowest BCUT2D eigenvalue weighted by atomic mass is 9.96. The second kappa shape index (κ2) is 29.0. The number of hydrogen-bond donors (Lipinski definition) is 3. The average molecular weight is 1290 g/mol. The number of morpholine rings is 1. The number of unbranched alkanes of at least 4 members (excludes halogenated alkanes) is 1. The van der Waals surface area contributed by atoms with Crippen LogP contribution in [0.4, 0.5) is 40.7 Å². The van der Waals surface area contributed by atoms with Crippen molar-refractivity contribution in [3.63, 3.8) is 0 Å². The van der Waals surface area contributed by atoms with Crippen LogP contribution in [-0.2, 0) is 77.5 Å². The second-order valence-electron chi connectivity index (χ2n) is 27.9. The molecule has 2 aromatic carbocycles. The highest BCUT2D eigenvalue weighted by Gasteiger charge is 2.47. The van der Waals surface area contributed by atoms with Crippen molar-refractivity contribution in [2.75, 3.05) is 116 Å². The van der Waals surface area contributed by atoms with Gasteiger partial charge in [-0.3, -0.25) is 24.2 Å². The van der Waals surface area contributed by atoms with Gasteiger partial charge >= 0.3 is 18.0 Å². The van der Waals surface area contributed by atoms with E-state index in [4.69, 9.17) is 41.1 Å². The number of anilines is 7. The van der Waals surface area contributed by atoms with Gasteiger partial charge in [0.2, 0.25) is 0 Å². The molecule has 10 aliphatic rings. The largest absolute Gasteiger partial charge is 0.463 e. The molecule has 0 bridgehead atoms. The van der Waals surface area contributed by atoms with Gasteiger partial charge in [0.15, 0.2) is 17.3 Å². The first-order chi connectivity index (χ1) is 46.3. The molecule has 95 heavy (non-hydrogen) atoms. The molecule has 16 rings (SSSR count). The lowest BCUT2D eigenvalue weighted by Crippen LogP contribution is -2.38. The van der Waals surface area contributed by atoms with E-state index < -0.39 is 0 Å². The maximum atomic E-state index is 12.5. The minimum absolute atomic E-state index is 0.106. The molecule has 3 atom stereocenters. The number of aromatic nitrogens is 7. The summed E-state index contributed by atoms with van der Waals surface area (Å²) in [7, 11) is 0. The maximum absolute atomic E-state index is 12.5. The number of hydrogen-bond acceptors (Lipinski definition) is 23. The van der Waals surface area contributed by atoms with E-state index in [0.29, 0.717) is 112 Å². The lowest BCUT2D eigenvalue weighted by Gasteiger charge is -2.31. The van der Waals surface area contributed by atoms with Crippen molar-refractivity contribution in [2.24, 2.45) is 17.8 Å². The Balaban J connectivity index is 0.000000123. The van der Waals surface area contributed by atoms with Gasteiger partial charge in [-0.1, -0.05) is 55.8 Å². The molecule has 6 N–H and O–H groups in total. The molecule has 2 saturated heterocycles. The Kier molecular flexibility index (Phi) is 19.5. The highest BCUT2D eigenvalue weighted by Crippen LogP contribution is 2.52. The van der Waals surface area contributed by atoms with Crippen LogP contribution in [0.3, 0.4) is 0 Å². The molecular weight excluding hydrogens is 1200 g/mol. The summed E-state index contributed by atoms with van der Waals surface area (Å²) in [4.78, 5) is 82.4. The monoisotopic (exact) mass is 1290 g/mol. The van der Waals surface area contributed by atoms with Crippen LogP contribution in [0.5, 0.6) is 18.0 Å². The van der Waals surface area contributed by atoms with Crippen LogP contribution in [0.15, 0.2) is 60.8 Å². The number of ketones is 3. The number of benzene rings is 2. The average Bonchev–Trinajstić information content (AvgIpc) is 1.78. The summed E-state index contributed by atoms with van der Waals surface area (Å²) >= 11 is 0. The van der Waals surface area contributed by atoms with Crippen LogP contribution in [-0.4, -0.2) is 153 Å². The topological polar surface area (TPSA) is 276 Å². The van der Waals surface area contributed by atoms with E-state index in [9.17, 15) is 14.4 Å². The number of rotatable bonds is 19. The summed E-state index contributed by atoms with van der Waals surface area (Å²) in [6, 6.07) is 20.5. The predicted molar refractivity (Wildman–Crippen MR) is 364 cm³/mol. The van der Waals surface area contributed by atoms with Crippen molar-refractivity contribution in [1.29, 1.82) is 0 Å². The third kappa shape index (κ3) is 16.0. The normalized spacial score (nSPS) is 21.6. The van der Waals surface area contributed by atoms with Crippen molar-refractivity contribution in [2.45, 2.75) is 161 Å². The number of fused-ring (bicyclic) bond motifs is 5. The van der Waals surface area contributed by atoms with Gasteiger partial charge in [-0.15, -0.1) is 0 Å². The van der Waals surface area contributed by atoms with Crippen molar-refractivity contribution in [3.8, 4) is 18.0 Å². The molecular formula is C72H92N16O7. The Labute approximate surface area is 556 Å². The van der Waals surface area contributed by atoms with E-state index in [1.54, 1.807) is 0 Å². The van der Waals surface area contributed by atoms with E-state index in [2.05, 4.69) is 100 Å². The highest BCUT2D eigenvalue weighted by atomic mass is 16.5. The molecule has 6 aromatic rings. The Morgan fingerprint density at radius 1 is 0.537 bits per heavy atom. The van der Waals surface area contributed by atoms with E-state index >= 15 is 0 Å². The third-order valence-electron chi connectivity index (χ3n) is 20.3. The zero-order valence-corrected chi connectivity index (χ0v) is 55.1. The Morgan fingerprint density at radius 2 is 1.09 bits per heavy atom. The minimum atomic E-state index is 0.106. The van der Waals surface area contributed by atoms with Crippen LogP contribution >= 0.6 is 0 Å². The molecule has 6 aliphatic heterocycles. The Hall–Kier alpha value is -8.28. The molecule has 4 aromatic heterocycles. The van der Waals surface area contributed by atoms with Crippen LogP contribution in [0.25, 0.3) is 0 Å². The van der Waals surface area contributed by atoms with Crippen LogP contribution in [0.2, 0.25) is 0 Å². The number of nitrogens with zero attached hydrogens (tertiary/aromatic N) is 13. The van der Waals surface area contributed by atoms with Crippen molar-refractivity contribution < 1.29 is 33.3 Å². The number of nitrogens with two attached hydrogens (primary N) is 3. The van der Waals surface area contributed by atoms with Crippen molar-refractivity contribution in [1.82, 2.24) is 44.7 Å². The summed E-state index contributed by atoms with van der Waals surface area (Å²) in [5.41, 5.74) is 28.5. The lowest BCUT2D eigenvalue weighted by molar-refractivity contribution is -0.118. The number of carbonyl (C=O) groups is 3. The zero-order chi connectivity index (χ0) is 64.9. The Morgan fingerprint density at radius 3 is 1.69 bits per heavy atom. The molecule has 502 valence electrons. The second-order valence-corrected chi connectivity index (χ2v) is 27.9. The number of likely N-dealkylation sites (tertiary alicyclic amines) is 1. The first-order valence-corrected chi connectivity index (χ1v) is 35.0. The minimum Gasteiger partial charge on any atom is -0.463 e. The molecule has 23 nitrogen and oxygen atoms in total. The van der Waals surface area contributed by atoms with E-state index in [1.807, 2.05) is 27.0 Å². The van der Waals surface area contributed by atoms with Gasteiger partial charge in [-0.2, -0.15) is 29.9 Å². The summed E-state index contributed by atoms with van der Waals surface area (Å²) < 4.78 is 23.3. The van der Waals surface area contributed by atoms with E-state index in [1.165, 1.54) is 92.4 Å². The van der Waals surface area contributed by atoms with Gasteiger partial charge in [0, 0.05) is 101 Å². The standard InChI is InChI=1S/C25H31N5O2.C25H33N5O2.C22H28N6O3/c26-23-22-12-20(31)15-30(14-17-5-3-4-16(8-17)13-29-6-1-2-7-29)24(22)28-25(27-23)32-21-10-18-9-19(18)11-21;1-2-3-10-32-25-27-23(26)22-12-21(31)16-30(24(22)28-25)14-18-6-7-19-8-9-29(13-17-4-5-17)15-20(19)11-18;23-20-18-12-16(29)14-28(21(18)26-22(25-20)31-17-3-1-2-4-17)13-15-5-6-24-19(11-15)27-7-9-30-10-8-27/h3-5,8,18-19,21H,1-2,6-7,9-15H2,(H2,26,27,28);6-7,11,17H,2-5,8-10,12-16H2,1H3,(H2,26,27,28);5-6,11,17H,1-4,7-10,12-14H2,(H2,23,25,26)/t18-,19+,21?;;. The highest BCUT2D eigenvalue weighted by molar-refractivity contribution is 5.92. The van der Waals surface area contributed by atoms with Gasteiger partial charge in [0.05, 0.1) is 39.5 Å². The number of nitrogen functional groups attached to an aromatic ring is 3. The first kappa shape index (κ1) is 64.1. The van der Waals surface area contributed by atoms with Crippen LogP contribution < -0.4 is 51.0 Å². The Bertz CT molecular complexity index is 3750. The molecule has 0 amide bonds. The van der Waals surface area contributed by atoms with Gasteiger partial charge in [-0.25, -0.2) is 4.98 Å². The van der Waals surface area contributed by atoms with Gasteiger partial charge < -0.3 is 55.7 Å². The van der Waals surface area contributed by atoms with Crippen LogP contribution in [0, 0.1) is 17.8 Å².